The zero-order valence-corrected chi connectivity index (χ0v) is 30.5. The van der Waals surface area contributed by atoms with Crippen LogP contribution in [0.1, 0.15) is 33.4 Å². The van der Waals surface area contributed by atoms with Crippen LogP contribution in [0.15, 0.2) is 170 Å². The normalized spacial score (nSPS) is 12.0. The highest BCUT2D eigenvalue weighted by Crippen LogP contribution is 2.41. The van der Waals surface area contributed by atoms with Crippen molar-refractivity contribution in [3.63, 3.8) is 0 Å². The molecule has 0 saturated carbocycles. The van der Waals surface area contributed by atoms with Gasteiger partial charge in [-0.1, -0.05) is 85.0 Å². The molecule has 58 heavy (non-hydrogen) atoms. The van der Waals surface area contributed by atoms with Crippen molar-refractivity contribution in [1.82, 2.24) is 0 Å². The Kier molecular flexibility index (Phi) is 11.1. The number of nitrogens with zero attached hydrogens (tertiary/aromatic N) is 2. The third-order valence-electron chi connectivity index (χ3n) is 9.29. The SMILES string of the molecule is Oc1ccc(N(c2ccccc2)c2ccc(/C=C\c3cc(C(F)(F)F)c(/C=C\c4ccc(N(c5ccccc5)c5ccc(O)cc5)cc4)cc3C(F)(F)F)cc2)cc1. The Hall–Kier alpha value is -7.20. The summed E-state index contributed by atoms with van der Waals surface area (Å²) < 4.78 is 86.9. The number of rotatable bonds is 10. The number of benzene rings is 7. The van der Waals surface area contributed by atoms with Crippen molar-refractivity contribution in [2.24, 2.45) is 0 Å². The summed E-state index contributed by atoms with van der Waals surface area (Å²) in [4.78, 5) is 3.84. The zero-order chi connectivity index (χ0) is 40.9. The largest absolute Gasteiger partial charge is 0.508 e. The van der Waals surface area contributed by atoms with Crippen LogP contribution < -0.4 is 9.80 Å². The topological polar surface area (TPSA) is 46.9 Å². The smallest absolute Gasteiger partial charge is 0.417 e. The van der Waals surface area contributed by atoms with E-state index in [0.717, 1.165) is 34.9 Å². The van der Waals surface area contributed by atoms with Gasteiger partial charge in [0.15, 0.2) is 0 Å². The van der Waals surface area contributed by atoms with Crippen LogP contribution in [0.2, 0.25) is 0 Å². The van der Waals surface area contributed by atoms with E-state index in [4.69, 9.17) is 0 Å². The molecule has 0 aliphatic heterocycles. The molecule has 0 aliphatic carbocycles. The van der Waals surface area contributed by atoms with Crippen molar-refractivity contribution in [2.45, 2.75) is 12.4 Å². The van der Waals surface area contributed by atoms with Gasteiger partial charge in [-0.05, 0) is 131 Å². The van der Waals surface area contributed by atoms with E-state index in [2.05, 4.69) is 0 Å². The Bertz CT molecular complexity index is 2340. The summed E-state index contributed by atoms with van der Waals surface area (Å²) in [5, 5.41) is 19.6. The van der Waals surface area contributed by atoms with Gasteiger partial charge in [0.05, 0.1) is 11.1 Å². The molecule has 2 N–H and O–H groups in total. The van der Waals surface area contributed by atoms with Gasteiger partial charge in [-0.25, -0.2) is 0 Å². The summed E-state index contributed by atoms with van der Waals surface area (Å²) in [6.07, 6.45) is -5.13. The van der Waals surface area contributed by atoms with Gasteiger partial charge in [-0.2, -0.15) is 26.3 Å². The average Bonchev–Trinajstić information content (AvgIpc) is 3.22. The maximum absolute atomic E-state index is 14.5. The molecule has 0 amide bonds. The molecule has 4 nitrogen and oxygen atoms in total. The molecule has 0 unspecified atom stereocenters. The average molecular weight is 785 g/mol. The molecule has 7 aromatic carbocycles. The summed E-state index contributed by atoms with van der Waals surface area (Å²) in [5.41, 5.74) is 1.79. The molecule has 0 atom stereocenters. The first-order chi connectivity index (χ1) is 27.8. The maximum Gasteiger partial charge on any atom is 0.417 e. The number of halogens is 6. The number of alkyl halides is 6. The van der Waals surface area contributed by atoms with E-state index in [1.54, 1.807) is 97.1 Å². The van der Waals surface area contributed by atoms with Crippen LogP contribution in [0.4, 0.5) is 60.5 Å². The van der Waals surface area contributed by atoms with Crippen molar-refractivity contribution in [1.29, 1.82) is 0 Å². The number of hydrogen-bond donors (Lipinski definition) is 2. The first kappa shape index (κ1) is 39.1. The number of phenols is 2. The van der Waals surface area contributed by atoms with Crippen LogP contribution in [-0.2, 0) is 12.4 Å². The van der Waals surface area contributed by atoms with Gasteiger partial charge in [0.2, 0.25) is 0 Å². The Morgan fingerprint density at radius 3 is 0.914 bits per heavy atom. The van der Waals surface area contributed by atoms with Crippen LogP contribution in [0.25, 0.3) is 24.3 Å². The van der Waals surface area contributed by atoms with Crippen LogP contribution in [-0.4, -0.2) is 10.2 Å². The highest BCUT2D eigenvalue weighted by molar-refractivity contribution is 5.81. The van der Waals surface area contributed by atoms with Crippen molar-refractivity contribution in [3.05, 3.63) is 203 Å². The summed E-state index contributed by atoms with van der Waals surface area (Å²) in [7, 11) is 0. The van der Waals surface area contributed by atoms with Gasteiger partial charge in [0.1, 0.15) is 11.5 Å². The van der Waals surface area contributed by atoms with Gasteiger partial charge in [-0.3, -0.25) is 0 Å². The third kappa shape index (κ3) is 9.08. The molecular weight excluding hydrogens is 751 g/mol. The quantitative estimate of drug-likeness (QED) is 0.107. The molecule has 0 fully saturated rings. The van der Waals surface area contributed by atoms with Gasteiger partial charge < -0.3 is 20.0 Å². The van der Waals surface area contributed by atoms with Crippen LogP contribution in [0.5, 0.6) is 11.5 Å². The van der Waals surface area contributed by atoms with Crippen LogP contribution in [0.3, 0.4) is 0 Å². The lowest BCUT2D eigenvalue weighted by atomic mass is 9.95. The highest BCUT2D eigenvalue weighted by Gasteiger charge is 2.38. The molecule has 0 bridgehead atoms. The molecule has 290 valence electrons. The van der Waals surface area contributed by atoms with E-state index >= 15 is 0 Å². The number of anilines is 6. The molecule has 0 aliphatic rings. The summed E-state index contributed by atoms with van der Waals surface area (Å²) in [6.45, 7) is 0. The zero-order valence-electron chi connectivity index (χ0n) is 30.5. The molecular formula is C48H34F6N2O2. The van der Waals surface area contributed by atoms with Crippen molar-refractivity contribution < 1.29 is 36.6 Å². The number of aromatic hydroxyl groups is 2. The monoisotopic (exact) mass is 784 g/mol. The van der Waals surface area contributed by atoms with Crippen molar-refractivity contribution in [2.75, 3.05) is 9.80 Å². The van der Waals surface area contributed by atoms with E-state index in [1.807, 2.05) is 70.5 Å². The van der Waals surface area contributed by atoms with Gasteiger partial charge in [-0.15, -0.1) is 0 Å². The molecule has 0 spiro atoms. The van der Waals surface area contributed by atoms with Gasteiger partial charge >= 0.3 is 12.4 Å². The van der Waals surface area contributed by atoms with Crippen LogP contribution in [0, 0.1) is 0 Å². The lowest BCUT2D eigenvalue weighted by Gasteiger charge is -2.25. The summed E-state index contributed by atoms with van der Waals surface area (Å²) in [5.74, 6) is 0.190. The van der Waals surface area contributed by atoms with Gasteiger partial charge in [0, 0.05) is 34.1 Å². The Balaban J connectivity index is 1.18. The molecule has 10 heteroatoms. The Labute approximate surface area is 331 Å². The molecule has 0 saturated heterocycles. The standard InChI is InChI=1S/C48H34F6N2O2/c49-47(50,51)45-32-36(18-12-34-15-21-40(22-16-34)56(38-9-5-2-6-10-38)42-25-29-44(58)30-26-42)46(48(52,53)54)31-35(45)17-11-33-13-19-39(20-14-33)55(37-7-3-1-4-8-37)41-23-27-43(57)28-24-41/h1-32,57-58H/b17-11-,18-12-. The van der Waals surface area contributed by atoms with E-state index < -0.39 is 34.6 Å². The maximum atomic E-state index is 14.5. The minimum absolute atomic E-state index is 0.0951. The summed E-state index contributed by atoms with van der Waals surface area (Å²) >= 11 is 0. The first-order valence-corrected chi connectivity index (χ1v) is 18.0. The number of phenolic OH excluding ortho intramolecular Hbond substituents is 2. The Morgan fingerprint density at radius 1 is 0.345 bits per heavy atom. The second-order valence-corrected chi connectivity index (χ2v) is 13.2. The molecule has 0 heterocycles. The van der Waals surface area contributed by atoms with E-state index in [9.17, 15) is 36.6 Å². The Morgan fingerprint density at radius 2 is 0.621 bits per heavy atom. The predicted octanol–water partition coefficient (Wildman–Crippen LogP) is 14.4. The molecule has 0 aromatic heterocycles. The minimum atomic E-state index is -4.95. The van der Waals surface area contributed by atoms with Crippen molar-refractivity contribution >= 4 is 58.4 Å². The lowest BCUT2D eigenvalue weighted by Crippen LogP contribution is -2.13. The fourth-order valence-electron chi connectivity index (χ4n) is 6.49. The van der Waals surface area contributed by atoms with Crippen molar-refractivity contribution in [3.8, 4) is 11.5 Å². The second kappa shape index (κ2) is 16.5. The fourth-order valence-corrected chi connectivity index (χ4v) is 6.49. The second-order valence-electron chi connectivity index (χ2n) is 13.2. The van der Waals surface area contributed by atoms with E-state index in [-0.39, 0.29) is 11.5 Å². The predicted molar refractivity (Wildman–Crippen MR) is 220 cm³/mol. The van der Waals surface area contributed by atoms with E-state index in [1.165, 1.54) is 12.2 Å². The molecule has 7 rings (SSSR count). The van der Waals surface area contributed by atoms with Crippen LogP contribution >= 0.6 is 0 Å². The number of para-hydroxylation sites is 2. The lowest BCUT2D eigenvalue weighted by molar-refractivity contribution is -0.141. The third-order valence-corrected chi connectivity index (χ3v) is 9.29. The minimum Gasteiger partial charge on any atom is -0.508 e. The van der Waals surface area contributed by atoms with E-state index in [0.29, 0.717) is 34.6 Å². The summed E-state index contributed by atoms with van der Waals surface area (Å²) in [6, 6.07) is 46.7. The van der Waals surface area contributed by atoms with Gasteiger partial charge in [0.25, 0.3) is 0 Å². The number of hydrogen-bond acceptors (Lipinski definition) is 4. The fraction of sp³-hybridized carbons (Fsp3) is 0.0417. The molecule has 7 aromatic rings. The molecule has 0 radical (unpaired) electrons. The highest BCUT2D eigenvalue weighted by atomic mass is 19.4. The first-order valence-electron chi connectivity index (χ1n) is 18.0.